The minimum Gasteiger partial charge on any atom is -0.307 e. The fourth-order valence-electron chi connectivity index (χ4n) is 3.25. The molecule has 0 aliphatic carbocycles. The summed E-state index contributed by atoms with van der Waals surface area (Å²) in [7, 11) is -3.71. The summed E-state index contributed by atoms with van der Waals surface area (Å²) in [4.78, 5) is 0.255. The van der Waals surface area contributed by atoms with E-state index in [0.29, 0.717) is 12.3 Å². The summed E-state index contributed by atoms with van der Waals surface area (Å²) in [6, 6.07) is 25.7. The van der Waals surface area contributed by atoms with E-state index in [0.717, 1.165) is 16.7 Å². The van der Waals surface area contributed by atoms with Crippen molar-refractivity contribution in [3.8, 4) is 0 Å². The van der Waals surface area contributed by atoms with Gasteiger partial charge in [-0.1, -0.05) is 78.4 Å². The van der Waals surface area contributed by atoms with Crippen molar-refractivity contribution in [2.75, 3.05) is 12.3 Å². The first-order valence-electron chi connectivity index (χ1n) is 9.54. The lowest BCUT2D eigenvalue weighted by Gasteiger charge is -2.30. The van der Waals surface area contributed by atoms with Gasteiger partial charge in [-0.2, -0.15) is 12.6 Å². The summed E-state index contributed by atoms with van der Waals surface area (Å²) in [5, 5.41) is 3.46. The van der Waals surface area contributed by atoms with E-state index in [1.54, 1.807) is 24.3 Å². The number of rotatable bonds is 9. The second kappa shape index (κ2) is 10.1. The molecule has 2 unspecified atom stereocenters. The lowest BCUT2D eigenvalue weighted by Crippen LogP contribution is -2.39. The minimum atomic E-state index is -3.71. The topological polar surface area (TPSA) is 58.2 Å². The molecule has 0 aromatic heterocycles. The van der Waals surface area contributed by atoms with Crippen LogP contribution in [0.4, 0.5) is 0 Å². The highest BCUT2D eigenvalue weighted by molar-refractivity contribution is 7.89. The largest absolute Gasteiger partial charge is 0.307 e. The van der Waals surface area contributed by atoms with Crippen molar-refractivity contribution in [3.63, 3.8) is 0 Å². The Labute approximate surface area is 178 Å². The first kappa shape index (κ1) is 21.6. The molecule has 0 amide bonds. The van der Waals surface area contributed by atoms with Crippen LogP contribution in [0.3, 0.4) is 0 Å². The van der Waals surface area contributed by atoms with E-state index in [2.05, 4.69) is 22.7 Å². The zero-order chi connectivity index (χ0) is 20.7. The Morgan fingerprint density at radius 2 is 1.31 bits per heavy atom. The standard InChI is InChI=1S/C23H26N2O2S2/c1-18-12-14-21(15-13-18)29(26,27)25-23(20-10-6-3-7-11-20)22(24-16-17-28)19-8-4-2-5-9-19/h2-15,22-25,28H,16-17H2,1H3. The van der Waals surface area contributed by atoms with Gasteiger partial charge in [0.2, 0.25) is 10.0 Å². The highest BCUT2D eigenvalue weighted by Gasteiger charge is 2.29. The summed E-state index contributed by atoms with van der Waals surface area (Å²) < 4.78 is 29.3. The molecular weight excluding hydrogens is 400 g/mol. The second-order valence-corrected chi connectivity index (χ2v) is 9.05. The van der Waals surface area contributed by atoms with Crippen molar-refractivity contribution in [3.05, 3.63) is 102 Å². The number of thiol groups is 1. The Morgan fingerprint density at radius 1 is 0.793 bits per heavy atom. The van der Waals surface area contributed by atoms with E-state index in [1.807, 2.05) is 67.6 Å². The molecule has 0 aliphatic heterocycles. The van der Waals surface area contributed by atoms with Crippen LogP contribution in [-0.4, -0.2) is 20.7 Å². The van der Waals surface area contributed by atoms with Gasteiger partial charge < -0.3 is 5.32 Å². The van der Waals surface area contributed by atoms with Crippen molar-refractivity contribution in [2.45, 2.75) is 23.9 Å². The Kier molecular flexibility index (Phi) is 7.50. The maximum Gasteiger partial charge on any atom is 0.241 e. The molecule has 0 saturated heterocycles. The first-order chi connectivity index (χ1) is 14.0. The molecule has 0 fully saturated rings. The van der Waals surface area contributed by atoms with Crippen LogP contribution in [-0.2, 0) is 10.0 Å². The number of hydrogen-bond donors (Lipinski definition) is 3. The van der Waals surface area contributed by atoms with Crippen molar-refractivity contribution in [2.24, 2.45) is 0 Å². The molecule has 6 heteroatoms. The Bertz CT molecular complexity index is 992. The molecule has 0 spiro atoms. The molecule has 3 rings (SSSR count). The van der Waals surface area contributed by atoms with Gasteiger partial charge in [-0.3, -0.25) is 0 Å². The number of aryl methyl sites for hydroxylation is 1. The summed E-state index contributed by atoms with van der Waals surface area (Å²) in [6.45, 7) is 2.58. The summed E-state index contributed by atoms with van der Waals surface area (Å²) in [6.07, 6.45) is 0. The summed E-state index contributed by atoms with van der Waals surface area (Å²) >= 11 is 4.32. The quantitative estimate of drug-likeness (QED) is 0.448. The van der Waals surface area contributed by atoms with Crippen LogP contribution in [0.15, 0.2) is 89.8 Å². The third kappa shape index (κ3) is 5.70. The molecule has 0 bridgehead atoms. The maximum atomic E-state index is 13.2. The molecule has 3 aromatic carbocycles. The van der Waals surface area contributed by atoms with Crippen LogP contribution in [0.25, 0.3) is 0 Å². The van der Waals surface area contributed by atoms with E-state index >= 15 is 0 Å². The van der Waals surface area contributed by atoms with E-state index in [9.17, 15) is 8.42 Å². The molecule has 2 atom stereocenters. The van der Waals surface area contributed by atoms with Gasteiger partial charge in [-0.15, -0.1) is 0 Å². The Morgan fingerprint density at radius 3 is 1.83 bits per heavy atom. The van der Waals surface area contributed by atoms with Gasteiger partial charge in [0, 0.05) is 12.3 Å². The van der Waals surface area contributed by atoms with Crippen LogP contribution in [0.2, 0.25) is 0 Å². The highest BCUT2D eigenvalue weighted by Crippen LogP contribution is 2.30. The van der Waals surface area contributed by atoms with Gasteiger partial charge >= 0.3 is 0 Å². The van der Waals surface area contributed by atoms with E-state index in [-0.39, 0.29) is 10.9 Å². The third-order valence-corrected chi connectivity index (χ3v) is 6.42. The molecule has 2 N–H and O–H groups in total. The fraction of sp³-hybridized carbons (Fsp3) is 0.217. The normalized spacial score (nSPS) is 13.7. The van der Waals surface area contributed by atoms with Gasteiger partial charge in [-0.25, -0.2) is 13.1 Å². The van der Waals surface area contributed by atoms with Crippen LogP contribution < -0.4 is 10.0 Å². The van der Waals surface area contributed by atoms with Crippen molar-refractivity contribution in [1.29, 1.82) is 0 Å². The average molecular weight is 427 g/mol. The number of benzene rings is 3. The maximum absolute atomic E-state index is 13.2. The SMILES string of the molecule is Cc1ccc(S(=O)(=O)NC(c2ccccc2)C(NCCS)c2ccccc2)cc1. The second-order valence-electron chi connectivity index (χ2n) is 6.89. The molecule has 0 radical (unpaired) electrons. The molecule has 3 aromatic rings. The van der Waals surface area contributed by atoms with Crippen molar-refractivity contribution >= 4 is 22.7 Å². The predicted molar refractivity (Wildman–Crippen MR) is 122 cm³/mol. The van der Waals surface area contributed by atoms with Crippen LogP contribution in [0.1, 0.15) is 28.8 Å². The number of sulfonamides is 1. The van der Waals surface area contributed by atoms with Gasteiger partial charge in [0.15, 0.2) is 0 Å². The van der Waals surface area contributed by atoms with Crippen LogP contribution in [0.5, 0.6) is 0 Å². The smallest absolute Gasteiger partial charge is 0.241 e. The Balaban J connectivity index is 2.02. The van der Waals surface area contributed by atoms with E-state index in [1.165, 1.54) is 0 Å². The average Bonchev–Trinajstić information content (AvgIpc) is 2.75. The Hall–Kier alpha value is -2.12. The van der Waals surface area contributed by atoms with Gasteiger partial charge in [0.25, 0.3) is 0 Å². The molecule has 0 aliphatic rings. The molecular formula is C23H26N2O2S2. The van der Waals surface area contributed by atoms with Crippen molar-refractivity contribution in [1.82, 2.24) is 10.0 Å². The van der Waals surface area contributed by atoms with Gasteiger partial charge in [0.05, 0.1) is 17.0 Å². The van der Waals surface area contributed by atoms with Gasteiger partial charge in [-0.05, 0) is 30.2 Å². The molecule has 152 valence electrons. The highest BCUT2D eigenvalue weighted by atomic mass is 32.2. The van der Waals surface area contributed by atoms with Crippen LogP contribution >= 0.6 is 12.6 Å². The summed E-state index contributed by atoms with van der Waals surface area (Å²) in [5.41, 5.74) is 2.92. The molecule has 4 nitrogen and oxygen atoms in total. The first-order valence-corrected chi connectivity index (χ1v) is 11.7. The third-order valence-electron chi connectivity index (χ3n) is 4.74. The zero-order valence-corrected chi connectivity index (χ0v) is 18.0. The zero-order valence-electron chi connectivity index (χ0n) is 16.3. The number of nitrogens with one attached hydrogen (secondary N) is 2. The lowest BCUT2D eigenvalue weighted by molar-refractivity contribution is 0.433. The fourth-order valence-corrected chi connectivity index (χ4v) is 4.62. The lowest BCUT2D eigenvalue weighted by atomic mass is 9.94. The van der Waals surface area contributed by atoms with E-state index < -0.39 is 16.1 Å². The van der Waals surface area contributed by atoms with Crippen LogP contribution in [0, 0.1) is 6.92 Å². The van der Waals surface area contributed by atoms with Crippen molar-refractivity contribution < 1.29 is 8.42 Å². The molecule has 29 heavy (non-hydrogen) atoms. The predicted octanol–water partition coefficient (Wildman–Crippen LogP) is 4.28. The van der Waals surface area contributed by atoms with E-state index in [4.69, 9.17) is 0 Å². The molecule has 0 saturated carbocycles. The summed E-state index contributed by atoms with van der Waals surface area (Å²) in [5.74, 6) is 0.648. The van der Waals surface area contributed by atoms with Gasteiger partial charge in [0.1, 0.15) is 0 Å². The molecule has 0 heterocycles. The minimum absolute atomic E-state index is 0.244. The monoisotopic (exact) mass is 426 g/mol. The number of hydrogen-bond acceptors (Lipinski definition) is 4.